The molecule has 87 heavy (non-hydrogen) atoms. The highest BCUT2D eigenvalue weighted by atomic mass is 16.7. The van der Waals surface area contributed by atoms with Crippen molar-refractivity contribution in [2.24, 2.45) is 10.3 Å². The number of aliphatic hydroxyl groups is 16. The summed E-state index contributed by atoms with van der Waals surface area (Å²) < 4.78 is 20.9. The first-order valence-corrected chi connectivity index (χ1v) is 26.5. The fourth-order valence-electron chi connectivity index (χ4n) is 7.91. The van der Waals surface area contributed by atoms with E-state index in [0.29, 0.717) is 12.4 Å². The van der Waals surface area contributed by atoms with E-state index < -0.39 is 224 Å². The monoisotopic (exact) mass is 1270 g/mol. The van der Waals surface area contributed by atoms with Gasteiger partial charge in [-0.05, 0) is 0 Å². The van der Waals surface area contributed by atoms with Gasteiger partial charge in [0.2, 0.25) is 11.8 Å². The predicted molar refractivity (Wildman–Crippen MR) is 281 cm³/mol. The first-order valence-electron chi connectivity index (χ1n) is 26.5. The summed E-state index contributed by atoms with van der Waals surface area (Å²) in [7, 11) is 0. The molecule has 2 aliphatic heterocycles. The molecular weight excluding hydrogens is 1190 g/mol. The van der Waals surface area contributed by atoms with Crippen LogP contribution in [0.15, 0.2) is 10.3 Å². The minimum atomic E-state index is -2.13. The summed E-state index contributed by atoms with van der Waals surface area (Å²) in [6.07, 6.45) is -32.9. The summed E-state index contributed by atoms with van der Waals surface area (Å²) in [5, 5.41) is 205. The maximum atomic E-state index is 12.8. The van der Waals surface area contributed by atoms with Crippen LogP contribution >= 0.6 is 0 Å². The number of oxime groups is 2. The van der Waals surface area contributed by atoms with Crippen molar-refractivity contribution in [3.05, 3.63) is 0 Å². The molecule has 0 aromatic carbocycles. The second kappa shape index (κ2) is 40.8. The van der Waals surface area contributed by atoms with E-state index in [4.69, 9.17) is 28.6 Å². The topological polar surface area (TPSA) is 642 Å². The van der Waals surface area contributed by atoms with Crippen molar-refractivity contribution in [1.82, 2.24) is 36.0 Å². The van der Waals surface area contributed by atoms with Gasteiger partial charge in [-0.3, -0.25) is 48.3 Å². The van der Waals surface area contributed by atoms with Gasteiger partial charge in [0, 0.05) is 52.4 Å². The number of aliphatic carboxylic acids is 3. The molecule has 0 aromatic rings. The number of nitrogens with zero attached hydrogens (tertiary/aromatic N) is 5. The number of aliphatic hydroxyl groups excluding tert-OH is 16. The quantitative estimate of drug-likeness (QED) is 0.0153. The SMILES string of the molecule is O=C(O)CN(CCN(CC(=O)O)CC(=O)NCCNC(=O)CO/N=C/C(O)[C@H](O)[C@H](OC1OC(CO)C(O)C(O)C1O)C(O)CO)CCN(CC(=O)O)CC(=O)NCCNC(=O)CO/N=C/C(O)[C@H](O)[C@@H](OC1OC(CO)C(O)C(O)C1O)C(O)CO. The molecule has 18 atom stereocenters. The molecule has 0 bridgehead atoms. The summed E-state index contributed by atoms with van der Waals surface area (Å²) in [5.41, 5.74) is 0. The number of nitrogens with one attached hydrogen (secondary N) is 4. The van der Waals surface area contributed by atoms with E-state index in [1.807, 2.05) is 0 Å². The Balaban J connectivity index is 1.81. The van der Waals surface area contributed by atoms with Gasteiger partial charge in [0.25, 0.3) is 11.8 Å². The van der Waals surface area contributed by atoms with Crippen molar-refractivity contribution in [2.75, 3.05) is 125 Å². The van der Waals surface area contributed by atoms with Crippen molar-refractivity contribution in [3.63, 3.8) is 0 Å². The molecular formula is C46H81N9O32. The molecule has 502 valence electrons. The zero-order valence-electron chi connectivity index (χ0n) is 46.5. The Bertz CT molecular complexity index is 2010. The van der Waals surface area contributed by atoms with Crippen molar-refractivity contribution in [3.8, 4) is 0 Å². The number of ether oxygens (including phenoxy) is 4. The number of rotatable bonds is 44. The van der Waals surface area contributed by atoms with Crippen LogP contribution in [0, 0.1) is 0 Å². The van der Waals surface area contributed by atoms with Crippen LogP contribution in [0.2, 0.25) is 0 Å². The Hall–Kier alpha value is -5.69. The number of carbonyl (C=O) groups is 7. The fourth-order valence-corrected chi connectivity index (χ4v) is 7.91. The van der Waals surface area contributed by atoms with Crippen LogP contribution in [0.4, 0.5) is 0 Å². The lowest BCUT2D eigenvalue weighted by atomic mass is 9.98. The molecule has 2 rings (SSSR count). The Morgan fingerprint density at radius 2 is 0.759 bits per heavy atom. The Kier molecular flexibility index (Phi) is 36.3. The second-order valence-electron chi connectivity index (χ2n) is 19.4. The maximum Gasteiger partial charge on any atom is 0.317 e. The second-order valence-corrected chi connectivity index (χ2v) is 19.4. The first kappa shape index (κ1) is 77.4. The minimum absolute atomic E-state index is 0.175. The van der Waals surface area contributed by atoms with E-state index in [0.717, 1.165) is 9.80 Å². The van der Waals surface area contributed by atoms with Gasteiger partial charge in [0.05, 0.1) is 71.6 Å². The average Bonchev–Trinajstić information content (AvgIpc) is 3.23. The number of hydrogen-bond donors (Lipinski definition) is 23. The standard InChI is InChI=1S/C46H81N9O32/c56-16-24(62)43(86-45-41(80)39(78)37(76)26(18-58)84-45)35(74)22(60)9-51-82-20-30(66)49-3-1-47-28(64)11-54(14-33(70)71)7-5-53(13-32(68)69)6-8-55(15-34(72)73)12-29(65)48-2-4-50-31(67)21-83-52-10-23(61)36(75)44(25(63)17-57)87-46-42(81)40(79)38(77)27(19-59)85-46/h9-10,22-27,35-46,56-63,74-81H,1-8,11-21H2,(H,47,64)(H,48,65)(H,49,66)(H,50,67)(H,68,69)(H,70,71)(H,72,73)/b51-9+,52-10+/t22?,23?,24?,25?,26?,27?,35-,36-,37?,38?,39?,40?,41?,42?,43-,44+,45?,46?/m0/s1. The van der Waals surface area contributed by atoms with Crippen molar-refractivity contribution < 1.29 is 159 Å². The number of carboxylic acids is 3. The van der Waals surface area contributed by atoms with E-state index in [2.05, 4.69) is 31.6 Å². The molecule has 2 saturated heterocycles. The van der Waals surface area contributed by atoms with Crippen LogP contribution in [0.5, 0.6) is 0 Å². The number of carboxylic acid groups (broad SMARTS) is 3. The third-order valence-corrected chi connectivity index (χ3v) is 12.6. The summed E-state index contributed by atoms with van der Waals surface area (Å²) in [6.45, 7) is -10.0. The third-order valence-electron chi connectivity index (χ3n) is 12.6. The average molecular weight is 1270 g/mol. The van der Waals surface area contributed by atoms with Gasteiger partial charge in [-0.15, -0.1) is 0 Å². The normalized spacial score (nSPS) is 25.3. The van der Waals surface area contributed by atoms with Gasteiger partial charge in [-0.1, -0.05) is 10.3 Å². The molecule has 0 aromatic heterocycles. The molecule has 23 N–H and O–H groups in total. The molecule has 2 fully saturated rings. The van der Waals surface area contributed by atoms with Crippen LogP contribution in [-0.2, 0) is 62.2 Å². The van der Waals surface area contributed by atoms with Gasteiger partial charge < -0.3 is 147 Å². The van der Waals surface area contributed by atoms with Crippen LogP contribution in [0.1, 0.15) is 0 Å². The van der Waals surface area contributed by atoms with Crippen molar-refractivity contribution >= 4 is 54.0 Å². The molecule has 0 aliphatic carbocycles. The Morgan fingerprint density at radius 1 is 0.448 bits per heavy atom. The number of carbonyl (C=O) groups excluding carboxylic acids is 4. The maximum absolute atomic E-state index is 12.8. The fraction of sp³-hybridized carbons (Fsp3) is 0.804. The molecule has 14 unspecified atom stereocenters. The molecule has 2 aliphatic rings. The lowest BCUT2D eigenvalue weighted by Crippen LogP contribution is -2.61. The largest absolute Gasteiger partial charge is 0.480 e. The Labute approximate surface area is 493 Å². The molecule has 41 nitrogen and oxygen atoms in total. The molecule has 0 radical (unpaired) electrons. The smallest absolute Gasteiger partial charge is 0.317 e. The molecule has 0 saturated carbocycles. The number of amides is 4. The first-order chi connectivity index (χ1) is 41.1. The van der Waals surface area contributed by atoms with Gasteiger partial charge in [-0.25, -0.2) is 0 Å². The molecule has 4 amide bonds. The van der Waals surface area contributed by atoms with Crippen LogP contribution in [-0.4, -0.2) is 401 Å². The highest BCUT2D eigenvalue weighted by Crippen LogP contribution is 2.26. The van der Waals surface area contributed by atoms with Gasteiger partial charge in [0.1, 0.15) is 97.7 Å². The minimum Gasteiger partial charge on any atom is -0.480 e. The van der Waals surface area contributed by atoms with Gasteiger partial charge >= 0.3 is 17.9 Å². The highest BCUT2D eigenvalue weighted by molar-refractivity contribution is 5.80. The van der Waals surface area contributed by atoms with Crippen molar-refractivity contribution in [2.45, 2.75) is 110 Å². The van der Waals surface area contributed by atoms with E-state index in [9.17, 15) is 131 Å². The van der Waals surface area contributed by atoms with Gasteiger partial charge in [0.15, 0.2) is 25.8 Å². The lowest BCUT2D eigenvalue weighted by molar-refractivity contribution is -0.326. The number of hydrogen-bond acceptors (Lipinski definition) is 34. The third kappa shape index (κ3) is 28.1. The van der Waals surface area contributed by atoms with E-state index in [1.165, 1.54) is 4.90 Å². The van der Waals surface area contributed by atoms with Gasteiger partial charge in [-0.2, -0.15) is 0 Å². The Morgan fingerprint density at radius 3 is 1.07 bits per heavy atom. The molecule has 41 heteroatoms. The van der Waals surface area contributed by atoms with E-state index in [-0.39, 0.29) is 52.4 Å². The zero-order chi connectivity index (χ0) is 65.5. The van der Waals surface area contributed by atoms with Crippen LogP contribution < -0.4 is 21.3 Å². The van der Waals surface area contributed by atoms with Crippen molar-refractivity contribution in [1.29, 1.82) is 0 Å². The highest BCUT2D eigenvalue weighted by Gasteiger charge is 2.48. The summed E-state index contributed by atoms with van der Waals surface area (Å²) >= 11 is 0. The van der Waals surface area contributed by atoms with E-state index >= 15 is 0 Å². The zero-order valence-corrected chi connectivity index (χ0v) is 46.5. The summed E-state index contributed by atoms with van der Waals surface area (Å²) in [6, 6.07) is 0. The predicted octanol–water partition coefficient (Wildman–Crippen LogP) is -15.9. The summed E-state index contributed by atoms with van der Waals surface area (Å²) in [5.74, 6) is -7.13. The van der Waals surface area contributed by atoms with E-state index in [1.54, 1.807) is 0 Å². The lowest BCUT2D eigenvalue weighted by Gasteiger charge is -2.42. The van der Waals surface area contributed by atoms with Crippen LogP contribution in [0.3, 0.4) is 0 Å². The summed E-state index contributed by atoms with van der Waals surface area (Å²) in [4.78, 5) is 98.2. The molecule has 0 spiro atoms. The van der Waals surface area contributed by atoms with Crippen LogP contribution in [0.25, 0.3) is 0 Å². The molecule has 2 heterocycles.